The predicted molar refractivity (Wildman–Crippen MR) is 104 cm³/mol. The van der Waals surface area contributed by atoms with Crippen LogP contribution in [-0.4, -0.2) is 51.8 Å². The Kier molecular flexibility index (Phi) is 7.68. The summed E-state index contributed by atoms with van der Waals surface area (Å²) < 4.78 is 20.8. The molecule has 0 saturated carbocycles. The van der Waals surface area contributed by atoms with Crippen molar-refractivity contribution in [3.63, 3.8) is 0 Å². The second-order valence-corrected chi connectivity index (χ2v) is 6.09. The Labute approximate surface area is 164 Å². The lowest BCUT2D eigenvalue weighted by atomic mass is 10.1. The standard InChI is InChI=1S/C21H25NO6/c1-22(13-16-7-5-6-8-17(16)25-2)20(23)14-28-21(24)12-15-9-10-18(26-3)19(11-15)27-4/h5-11H,12-14H2,1-4H3. The summed E-state index contributed by atoms with van der Waals surface area (Å²) in [6, 6.07) is 12.6. The van der Waals surface area contributed by atoms with Crippen molar-refractivity contribution in [3.8, 4) is 17.2 Å². The maximum atomic E-state index is 12.3. The summed E-state index contributed by atoms with van der Waals surface area (Å²) in [5, 5.41) is 0. The van der Waals surface area contributed by atoms with Crippen LogP contribution in [0.1, 0.15) is 11.1 Å². The Morgan fingerprint density at radius 3 is 2.25 bits per heavy atom. The van der Waals surface area contributed by atoms with Gasteiger partial charge in [-0.25, -0.2) is 0 Å². The zero-order valence-electron chi connectivity index (χ0n) is 16.6. The number of amides is 1. The summed E-state index contributed by atoms with van der Waals surface area (Å²) >= 11 is 0. The van der Waals surface area contributed by atoms with Gasteiger partial charge in [-0.15, -0.1) is 0 Å². The summed E-state index contributed by atoms with van der Waals surface area (Å²) in [7, 11) is 6.29. The number of carbonyl (C=O) groups excluding carboxylic acids is 2. The lowest BCUT2D eigenvalue weighted by Gasteiger charge is -2.18. The molecule has 0 aromatic heterocycles. The van der Waals surface area contributed by atoms with Crippen LogP contribution < -0.4 is 14.2 Å². The first-order chi connectivity index (χ1) is 13.5. The van der Waals surface area contributed by atoms with Gasteiger partial charge in [0.15, 0.2) is 18.1 Å². The fraction of sp³-hybridized carbons (Fsp3) is 0.333. The zero-order valence-corrected chi connectivity index (χ0v) is 16.6. The monoisotopic (exact) mass is 387 g/mol. The number of likely N-dealkylation sites (N-methyl/N-ethyl adjacent to an activating group) is 1. The number of rotatable bonds is 9. The highest BCUT2D eigenvalue weighted by Crippen LogP contribution is 2.27. The summed E-state index contributed by atoms with van der Waals surface area (Å²) in [5.41, 5.74) is 1.58. The molecule has 0 radical (unpaired) electrons. The van der Waals surface area contributed by atoms with E-state index in [1.54, 1.807) is 39.5 Å². The predicted octanol–water partition coefficient (Wildman–Crippen LogP) is 2.46. The average Bonchev–Trinajstić information content (AvgIpc) is 2.72. The summed E-state index contributed by atoms with van der Waals surface area (Å²) in [5.74, 6) is 1.01. The van der Waals surface area contributed by atoms with Crippen LogP contribution in [-0.2, 0) is 27.3 Å². The molecule has 0 aliphatic carbocycles. The SMILES string of the molecule is COc1ccccc1CN(C)C(=O)COC(=O)Cc1ccc(OC)c(OC)c1. The molecule has 0 aliphatic heterocycles. The molecule has 0 atom stereocenters. The Hall–Kier alpha value is -3.22. The van der Waals surface area contributed by atoms with Crippen molar-refractivity contribution >= 4 is 11.9 Å². The first kappa shape index (κ1) is 21.1. The largest absolute Gasteiger partial charge is 0.496 e. The third-order valence-corrected chi connectivity index (χ3v) is 4.18. The van der Waals surface area contributed by atoms with Crippen LogP contribution in [0.25, 0.3) is 0 Å². The Morgan fingerprint density at radius 2 is 1.57 bits per heavy atom. The first-order valence-electron chi connectivity index (χ1n) is 8.70. The van der Waals surface area contributed by atoms with Crippen LogP contribution in [0, 0.1) is 0 Å². The number of ether oxygens (including phenoxy) is 4. The highest BCUT2D eigenvalue weighted by atomic mass is 16.5. The van der Waals surface area contributed by atoms with Crippen LogP contribution in [0.15, 0.2) is 42.5 Å². The summed E-state index contributed by atoms with van der Waals surface area (Å²) in [6.45, 7) is 0.0356. The fourth-order valence-electron chi connectivity index (χ4n) is 2.64. The van der Waals surface area contributed by atoms with Gasteiger partial charge in [-0.1, -0.05) is 24.3 Å². The lowest BCUT2D eigenvalue weighted by Crippen LogP contribution is -2.31. The van der Waals surface area contributed by atoms with Crippen molar-refractivity contribution in [1.29, 1.82) is 0 Å². The van der Waals surface area contributed by atoms with Crippen molar-refractivity contribution in [3.05, 3.63) is 53.6 Å². The molecule has 7 nitrogen and oxygen atoms in total. The van der Waals surface area contributed by atoms with Crippen molar-refractivity contribution in [2.24, 2.45) is 0 Å². The van der Waals surface area contributed by atoms with Gasteiger partial charge in [-0.3, -0.25) is 9.59 Å². The van der Waals surface area contributed by atoms with E-state index in [1.807, 2.05) is 24.3 Å². The van der Waals surface area contributed by atoms with Gasteiger partial charge < -0.3 is 23.8 Å². The van der Waals surface area contributed by atoms with Crippen molar-refractivity contribution < 1.29 is 28.5 Å². The van der Waals surface area contributed by atoms with E-state index in [2.05, 4.69) is 0 Å². The van der Waals surface area contributed by atoms with Crippen LogP contribution in [0.4, 0.5) is 0 Å². The number of para-hydroxylation sites is 1. The van der Waals surface area contributed by atoms with E-state index in [9.17, 15) is 9.59 Å². The van der Waals surface area contributed by atoms with E-state index >= 15 is 0 Å². The minimum absolute atomic E-state index is 0.0316. The normalized spacial score (nSPS) is 10.1. The van der Waals surface area contributed by atoms with Gasteiger partial charge in [0, 0.05) is 19.2 Å². The second-order valence-electron chi connectivity index (χ2n) is 6.09. The Balaban J connectivity index is 1.87. The van der Waals surface area contributed by atoms with Crippen molar-refractivity contribution in [1.82, 2.24) is 4.90 Å². The molecule has 0 aliphatic rings. The molecule has 0 saturated heterocycles. The number of esters is 1. The minimum atomic E-state index is -0.494. The molecule has 150 valence electrons. The van der Waals surface area contributed by atoms with E-state index in [4.69, 9.17) is 18.9 Å². The summed E-state index contributed by atoms with van der Waals surface area (Å²) in [4.78, 5) is 25.8. The smallest absolute Gasteiger partial charge is 0.310 e. The van der Waals surface area contributed by atoms with Crippen LogP contribution in [0.3, 0.4) is 0 Å². The molecule has 28 heavy (non-hydrogen) atoms. The minimum Gasteiger partial charge on any atom is -0.496 e. The number of hydrogen-bond acceptors (Lipinski definition) is 6. The number of nitrogens with zero attached hydrogens (tertiary/aromatic N) is 1. The molecule has 2 aromatic carbocycles. The molecule has 2 aromatic rings. The van der Waals surface area contributed by atoms with Gasteiger partial charge in [-0.05, 0) is 23.8 Å². The topological polar surface area (TPSA) is 74.3 Å². The van der Waals surface area contributed by atoms with Gasteiger partial charge >= 0.3 is 5.97 Å². The van der Waals surface area contributed by atoms with Crippen LogP contribution in [0.5, 0.6) is 17.2 Å². The van der Waals surface area contributed by atoms with E-state index in [0.717, 1.165) is 5.56 Å². The third-order valence-electron chi connectivity index (χ3n) is 4.18. The maximum Gasteiger partial charge on any atom is 0.310 e. The maximum absolute atomic E-state index is 12.3. The molecule has 0 unspecified atom stereocenters. The van der Waals surface area contributed by atoms with Gasteiger partial charge in [0.05, 0.1) is 27.8 Å². The lowest BCUT2D eigenvalue weighted by molar-refractivity contribution is -0.151. The third kappa shape index (κ3) is 5.64. The molecule has 2 rings (SSSR count). The number of carbonyl (C=O) groups is 2. The number of hydrogen-bond donors (Lipinski definition) is 0. The average molecular weight is 387 g/mol. The highest BCUT2D eigenvalue weighted by Gasteiger charge is 2.15. The van der Waals surface area contributed by atoms with E-state index in [0.29, 0.717) is 29.4 Å². The van der Waals surface area contributed by atoms with Gasteiger partial charge in [0.2, 0.25) is 0 Å². The number of benzene rings is 2. The molecule has 0 bridgehead atoms. The first-order valence-corrected chi connectivity index (χ1v) is 8.70. The Bertz CT molecular complexity index is 820. The fourth-order valence-corrected chi connectivity index (χ4v) is 2.64. The van der Waals surface area contributed by atoms with Gasteiger partial charge in [-0.2, -0.15) is 0 Å². The molecule has 7 heteroatoms. The molecular formula is C21H25NO6. The van der Waals surface area contributed by atoms with E-state index < -0.39 is 5.97 Å². The van der Waals surface area contributed by atoms with Crippen LogP contribution in [0.2, 0.25) is 0 Å². The van der Waals surface area contributed by atoms with Crippen LogP contribution >= 0.6 is 0 Å². The zero-order chi connectivity index (χ0) is 20.5. The van der Waals surface area contributed by atoms with Gasteiger partial charge in [0.25, 0.3) is 5.91 Å². The molecule has 0 spiro atoms. The van der Waals surface area contributed by atoms with E-state index in [1.165, 1.54) is 12.0 Å². The highest BCUT2D eigenvalue weighted by molar-refractivity contribution is 5.81. The Morgan fingerprint density at radius 1 is 0.893 bits per heavy atom. The molecular weight excluding hydrogens is 362 g/mol. The molecule has 1 amide bonds. The molecule has 0 heterocycles. The molecule has 0 N–H and O–H groups in total. The number of methoxy groups -OCH3 is 3. The summed E-state index contributed by atoms with van der Waals surface area (Å²) in [6.07, 6.45) is 0.0316. The quantitative estimate of drug-likeness (QED) is 0.616. The van der Waals surface area contributed by atoms with Crippen molar-refractivity contribution in [2.45, 2.75) is 13.0 Å². The van der Waals surface area contributed by atoms with Gasteiger partial charge in [0.1, 0.15) is 5.75 Å². The van der Waals surface area contributed by atoms with Crippen molar-refractivity contribution in [2.75, 3.05) is 35.0 Å². The molecule has 0 fully saturated rings. The van der Waals surface area contributed by atoms with E-state index in [-0.39, 0.29) is 18.9 Å². The second kappa shape index (κ2) is 10.2.